The fourth-order valence-corrected chi connectivity index (χ4v) is 2.92. The Morgan fingerprint density at radius 2 is 2.27 bits per heavy atom. The van der Waals surface area contributed by atoms with Gasteiger partial charge in [-0.3, -0.25) is 4.79 Å². The lowest BCUT2D eigenvalue weighted by Crippen LogP contribution is -2.34. The van der Waals surface area contributed by atoms with Crippen molar-refractivity contribution in [3.63, 3.8) is 0 Å². The van der Waals surface area contributed by atoms with E-state index in [-0.39, 0.29) is 12.8 Å². The zero-order valence-corrected chi connectivity index (χ0v) is 9.22. The van der Waals surface area contributed by atoms with Crippen molar-refractivity contribution in [3.8, 4) is 0 Å². The maximum absolute atomic E-state index is 13.9. The smallest absolute Gasteiger partial charge is 0.308 e. The van der Waals surface area contributed by atoms with Crippen LogP contribution in [0.15, 0.2) is 0 Å². The highest BCUT2D eigenvalue weighted by Crippen LogP contribution is 2.38. The third-order valence-corrected chi connectivity index (χ3v) is 3.47. The van der Waals surface area contributed by atoms with Crippen molar-refractivity contribution in [2.24, 2.45) is 11.1 Å². The van der Waals surface area contributed by atoms with E-state index in [1.165, 1.54) is 7.11 Å². The minimum atomic E-state index is -3.85. The number of hydrogen-bond acceptors (Lipinski definition) is 4. The summed E-state index contributed by atoms with van der Waals surface area (Å²) in [6.45, 7) is 0. The first-order chi connectivity index (χ1) is 6.76. The first-order valence-corrected chi connectivity index (χ1v) is 6.24. The first-order valence-electron chi connectivity index (χ1n) is 4.53. The summed E-state index contributed by atoms with van der Waals surface area (Å²) in [5, 5.41) is 4.77. The molecule has 0 aliphatic heterocycles. The number of sulfonamides is 1. The lowest BCUT2D eigenvalue weighted by atomic mass is 10.0. The molecule has 0 aromatic carbocycles. The number of ether oxygens (including phenoxy) is 1. The molecule has 1 aliphatic carbocycles. The van der Waals surface area contributed by atoms with Gasteiger partial charge in [0.25, 0.3) is 0 Å². The van der Waals surface area contributed by atoms with Gasteiger partial charge in [0.15, 0.2) is 0 Å². The van der Waals surface area contributed by atoms with E-state index in [4.69, 9.17) is 5.14 Å². The number of carbonyl (C=O) groups is 1. The number of halogens is 1. The molecule has 0 bridgehead atoms. The van der Waals surface area contributed by atoms with Gasteiger partial charge in [0.2, 0.25) is 10.0 Å². The lowest BCUT2D eigenvalue weighted by molar-refractivity contribution is -0.145. The summed E-state index contributed by atoms with van der Waals surface area (Å²) in [5.74, 6) is -1.78. The van der Waals surface area contributed by atoms with E-state index in [9.17, 15) is 17.6 Å². The topological polar surface area (TPSA) is 86.5 Å². The summed E-state index contributed by atoms with van der Waals surface area (Å²) in [6, 6.07) is 0. The van der Waals surface area contributed by atoms with Crippen LogP contribution in [0.25, 0.3) is 0 Å². The molecule has 2 N–H and O–H groups in total. The summed E-state index contributed by atoms with van der Waals surface area (Å²) in [5.41, 5.74) is -1.88. The van der Waals surface area contributed by atoms with Gasteiger partial charge in [0.1, 0.15) is 5.67 Å². The van der Waals surface area contributed by atoms with Gasteiger partial charge in [0, 0.05) is 0 Å². The van der Waals surface area contributed by atoms with E-state index in [0.29, 0.717) is 6.42 Å². The van der Waals surface area contributed by atoms with E-state index in [0.717, 1.165) is 0 Å². The van der Waals surface area contributed by atoms with Crippen molar-refractivity contribution in [2.45, 2.75) is 24.9 Å². The van der Waals surface area contributed by atoms with E-state index in [1.807, 2.05) is 0 Å². The normalized spacial score (nSPS) is 31.5. The molecule has 1 fully saturated rings. The monoisotopic (exact) mass is 239 g/mol. The minimum Gasteiger partial charge on any atom is -0.469 e. The highest BCUT2D eigenvalue weighted by molar-refractivity contribution is 7.89. The van der Waals surface area contributed by atoms with Crippen LogP contribution >= 0.6 is 0 Å². The minimum absolute atomic E-state index is 0.0309. The van der Waals surface area contributed by atoms with E-state index in [1.54, 1.807) is 0 Å². The molecule has 0 amide bonds. The molecule has 7 heteroatoms. The molecule has 0 aromatic heterocycles. The Bertz CT molecular complexity index is 356. The third-order valence-electron chi connectivity index (χ3n) is 2.55. The number of alkyl halides is 1. The molecule has 0 unspecified atom stereocenters. The summed E-state index contributed by atoms with van der Waals surface area (Å²) in [6.07, 6.45) is 0.206. The Morgan fingerprint density at radius 3 is 2.73 bits per heavy atom. The Morgan fingerprint density at radius 1 is 1.67 bits per heavy atom. The van der Waals surface area contributed by atoms with Crippen LogP contribution in [0.5, 0.6) is 0 Å². The maximum Gasteiger partial charge on any atom is 0.308 e. The van der Waals surface area contributed by atoms with Gasteiger partial charge in [-0.1, -0.05) is 0 Å². The quantitative estimate of drug-likeness (QED) is 0.700. The Labute approximate surface area is 87.8 Å². The number of nitrogens with two attached hydrogens (primary N) is 1. The van der Waals surface area contributed by atoms with Crippen LogP contribution in [0.2, 0.25) is 0 Å². The second-order valence-corrected chi connectivity index (χ2v) is 5.54. The van der Waals surface area contributed by atoms with Crippen LogP contribution in [0.4, 0.5) is 4.39 Å². The van der Waals surface area contributed by atoms with E-state index in [2.05, 4.69) is 4.74 Å². The number of esters is 1. The largest absolute Gasteiger partial charge is 0.469 e. The summed E-state index contributed by atoms with van der Waals surface area (Å²) in [7, 11) is -2.63. The highest BCUT2D eigenvalue weighted by Gasteiger charge is 2.45. The summed E-state index contributed by atoms with van der Waals surface area (Å²) < 4.78 is 39.9. The third kappa shape index (κ3) is 3.42. The fraction of sp³-hybridized carbons (Fsp3) is 0.875. The van der Waals surface area contributed by atoms with Gasteiger partial charge >= 0.3 is 5.97 Å². The molecular weight excluding hydrogens is 225 g/mol. The SMILES string of the molecule is COC(=O)[C@@H]1CC[C@@](F)(CS(N)(=O)=O)C1. The molecule has 2 atom stereocenters. The van der Waals surface area contributed by atoms with Gasteiger partial charge in [-0.25, -0.2) is 17.9 Å². The molecule has 0 aromatic rings. The highest BCUT2D eigenvalue weighted by atomic mass is 32.2. The second kappa shape index (κ2) is 4.05. The van der Waals surface area contributed by atoms with Gasteiger partial charge in [-0.15, -0.1) is 0 Å². The Balaban J connectivity index is 2.65. The van der Waals surface area contributed by atoms with Crippen LogP contribution in [-0.2, 0) is 19.6 Å². The predicted octanol–water partition coefficient (Wildman–Crippen LogP) is -0.0437. The van der Waals surface area contributed by atoms with Crippen molar-refractivity contribution < 1.29 is 22.3 Å². The molecular formula is C8H14FNO4S. The maximum atomic E-state index is 13.9. The average Bonchev–Trinajstić information content (AvgIpc) is 2.43. The van der Waals surface area contributed by atoms with Crippen molar-refractivity contribution in [3.05, 3.63) is 0 Å². The molecule has 88 valence electrons. The van der Waals surface area contributed by atoms with Crippen LogP contribution in [0, 0.1) is 5.92 Å². The van der Waals surface area contributed by atoms with Crippen molar-refractivity contribution >= 4 is 16.0 Å². The van der Waals surface area contributed by atoms with Crippen LogP contribution in [0.1, 0.15) is 19.3 Å². The number of rotatable bonds is 3. The molecule has 0 radical (unpaired) electrons. The van der Waals surface area contributed by atoms with Gasteiger partial charge in [-0.05, 0) is 19.3 Å². The zero-order chi connectivity index (χ0) is 11.7. The van der Waals surface area contributed by atoms with Crippen molar-refractivity contribution in [1.29, 1.82) is 0 Å². The molecule has 1 saturated carbocycles. The Kier molecular flexibility index (Phi) is 3.34. The van der Waals surface area contributed by atoms with Gasteiger partial charge in [-0.2, -0.15) is 0 Å². The standard InChI is InChI=1S/C8H14FNO4S/c1-14-7(11)6-2-3-8(9,4-6)5-15(10,12)13/h6H,2-5H2,1H3,(H2,10,12,13)/t6-,8+/m1/s1. The molecule has 5 nitrogen and oxygen atoms in total. The van der Waals surface area contributed by atoms with Crippen molar-refractivity contribution in [1.82, 2.24) is 0 Å². The number of carbonyl (C=O) groups excluding carboxylic acids is 1. The summed E-state index contributed by atoms with van der Waals surface area (Å²) >= 11 is 0. The van der Waals surface area contributed by atoms with E-state index < -0.39 is 33.3 Å². The molecule has 1 aliphatic rings. The first kappa shape index (κ1) is 12.4. The molecule has 1 rings (SSSR count). The van der Waals surface area contributed by atoms with Gasteiger partial charge < -0.3 is 4.74 Å². The number of hydrogen-bond donors (Lipinski definition) is 1. The second-order valence-electron chi connectivity index (χ2n) is 3.92. The van der Waals surface area contributed by atoms with E-state index >= 15 is 0 Å². The van der Waals surface area contributed by atoms with Crippen LogP contribution < -0.4 is 5.14 Å². The number of primary sulfonamides is 1. The zero-order valence-electron chi connectivity index (χ0n) is 8.40. The molecule has 0 saturated heterocycles. The van der Waals surface area contributed by atoms with Gasteiger partial charge in [0.05, 0.1) is 18.8 Å². The van der Waals surface area contributed by atoms with Crippen molar-refractivity contribution in [2.75, 3.05) is 12.9 Å². The average molecular weight is 239 g/mol. The van der Waals surface area contributed by atoms with Crippen LogP contribution in [0.3, 0.4) is 0 Å². The molecule has 0 spiro atoms. The fourth-order valence-electron chi connectivity index (χ4n) is 1.94. The summed E-state index contributed by atoms with van der Waals surface area (Å²) in [4.78, 5) is 11.1. The molecule has 15 heavy (non-hydrogen) atoms. The number of methoxy groups -OCH3 is 1. The Hall–Kier alpha value is -0.690. The molecule has 0 heterocycles. The van der Waals surface area contributed by atoms with Crippen LogP contribution in [-0.4, -0.2) is 32.9 Å². The lowest BCUT2D eigenvalue weighted by Gasteiger charge is -2.17. The predicted molar refractivity (Wildman–Crippen MR) is 51.2 cm³/mol.